The number of carbonyl (C=O) groups is 4. The summed E-state index contributed by atoms with van der Waals surface area (Å²) in [5, 5.41) is 25.6. The monoisotopic (exact) mass is 665 g/mol. The zero-order valence-electron chi connectivity index (χ0n) is 27.8. The second-order valence-electron chi connectivity index (χ2n) is 13.6. The number of aromatic nitrogens is 2. The molecule has 7 unspecified atom stereocenters. The van der Waals surface area contributed by atoms with Gasteiger partial charge in [0.1, 0.15) is 11.8 Å². The van der Waals surface area contributed by atoms with Crippen molar-refractivity contribution in [3.8, 4) is 5.75 Å². The summed E-state index contributed by atoms with van der Waals surface area (Å²) in [6.45, 7) is 2.13. The number of phenols is 1. The molecule has 0 aliphatic heterocycles. The largest absolute Gasteiger partial charge is 0.508 e. The first-order valence-electron chi connectivity index (χ1n) is 17.2. The van der Waals surface area contributed by atoms with Gasteiger partial charge in [0.15, 0.2) is 11.7 Å². The molecule has 2 amide bonds. The van der Waals surface area contributed by atoms with Crippen molar-refractivity contribution in [1.82, 2.24) is 20.6 Å². The molecule has 0 radical (unpaired) electrons. The van der Waals surface area contributed by atoms with E-state index in [1.54, 1.807) is 25.3 Å². The number of ketones is 1. The number of phenolic OH excluding ortho intramolecular Hbond substituents is 1. The molecule has 48 heavy (non-hydrogen) atoms. The fourth-order valence-electron chi connectivity index (χ4n) is 7.43. The van der Waals surface area contributed by atoms with Crippen LogP contribution in [0.1, 0.15) is 82.4 Å². The number of H-pyrrole nitrogens is 1. The van der Waals surface area contributed by atoms with Crippen molar-refractivity contribution in [2.75, 3.05) is 6.54 Å². The summed E-state index contributed by atoms with van der Waals surface area (Å²) in [7, 11) is 0. The van der Waals surface area contributed by atoms with Gasteiger partial charge in [-0.2, -0.15) is 0 Å². The van der Waals surface area contributed by atoms with Crippen LogP contribution in [0.5, 0.6) is 5.75 Å². The SMILES string of the molecule is CC(CCCN=C(N)N)C(=O)NC(Cc1ccc(O)cc1)C(=O)CC(Cc1cnc[nH]1)C(=O)NC(CC1CCC2CCCCC21)C(=O)O. The number of aromatic hydroxyl groups is 1. The number of aromatic amines is 1. The zero-order chi connectivity index (χ0) is 34.6. The van der Waals surface area contributed by atoms with E-state index in [0.29, 0.717) is 48.9 Å². The Bertz CT molecular complexity index is 1390. The fourth-order valence-corrected chi connectivity index (χ4v) is 7.43. The molecule has 0 spiro atoms. The molecule has 262 valence electrons. The Kier molecular flexibility index (Phi) is 13.4. The molecular weight excluding hydrogens is 614 g/mol. The lowest BCUT2D eigenvalue weighted by atomic mass is 9.76. The zero-order valence-corrected chi connectivity index (χ0v) is 27.8. The second kappa shape index (κ2) is 17.7. The van der Waals surface area contributed by atoms with Gasteiger partial charge in [0, 0.05) is 37.2 Å². The maximum Gasteiger partial charge on any atom is 0.326 e. The van der Waals surface area contributed by atoms with Gasteiger partial charge >= 0.3 is 5.97 Å². The van der Waals surface area contributed by atoms with Gasteiger partial charge in [0.2, 0.25) is 11.8 Å². The molecule has 2 fully saturated rings. The minimum absolute atomic E-state index is 0.0218. The number of carboxylic acids is 1. The molecule has 13 nitrogen and oxygen atoms in total. The van der Waals surface area contributed by atoms with Crippen LogP contribution in [0.2, 0.25) is 0 Å². The molecule has 2 aliphatic carbocycles. The van der Waals surface area contributed by atoms with E-state index in [9.17, 15) is 29.4 Å². The van der Waals surface area contributed by atoms with Crippen LogP contribution in [0, 0.1) is 29.6 Å². The van der Waals surface area contributed by atoms with E-state index in [-0.39, 0.29) is 48.6 Å². The maximum absolute atomic E-state index is 14.0. The number of hydrogen-bond acceptors (Lipinski definition) is 7. The minimum atomic E-state index is -1.08. The predicted molar refractivity (Wildman–Crippen MR) is 181 cm³/mol. The first kappa shape index (κ1) is 36.4. The van der Waals surface area contributed by atoms with Gasteiger partial charge in [-0.25, -0.2) is 9.78 Å². The van der Waals surface area contributed by atoms with Gasteiger partial charge < -0.3 is 37.3 Å². The number of carboxylic acid groups (broad SMARTS) is 1. The van der Waals surface area contributed by atoms with Gasteiger partial charge in [0.25, 0.3) is 0 Å². The van der Waals surface area contributed by atoms with Crippen molar-refractivity contribution in [3.63, 3.8) is 0 Å². The number of imidazole rings is 1. The second-order valence-corrected chi connectivity index (χ2v) is 13.6. The Morgan fingerprint density at radius 3 is 2.42 bits per heavy atom. The van der Waals surface area contributed by atoms with Gasteiger partial charge in [-0.3, -0.25) is 19.4 Å². The first-order valence-corrected chi connectivity index (χ1v) is 17.2. The van der Waals surface area contributed by atoms with Gasteiger partial charge in [-0.1, -0.05) is 38.3 Å². The standard InChI is InChI=1S/C35H51N7O6/c1-21(5-4-14-39-35(36)37)32(45)41-29(15-22-8-12-27(43)13-9-22)31(44)18-25(16-26-19-38-20-40-26)33(46)42-30(34(47)48)17-24-11-10-23-6-2-3-7-28(23)24/h8-9,12-13,19-21,23-25,28-30,43H,2-7,10-11,14-18H2,1H3,(H,38,40)(H,41,45)(H,42,46)(H,47,48)(H4,36,37,39). The summed E-state index contributed by atoms with van der Waals surface area (Å²) in [5.41, 5.74) is 12.1. The van der Waals surface area contributed by atoms with Crippen molar-refractivity contribution >= 4 is 29.5 Å². The number of nitrogens with two attached hydrogens (primary N) is 2. The molecule has 1 aromatic heterocycles. The van der Waals surface area contributed by atoms with Crippen molar-refractivity contribution in [2.45, 2.75) is 96.1 Å². The number of aliphatic carboxylic acids is 1. The number of aliphatic imine (C=N–C) groups is 1. The molecule has 7 atom stereocenters. The lowest BCUT2D eigenvalue weighted by molar-refractivity contribution is -0.143. The smallest absolute Gasteiger partial charge is 0.326 e. The van der Waals surface area contributed by atoms with Gasteiger partial charge in [-0.05, 0) is 80.4 Å². The van der Waals surface area contributed by atoms with Crippen LogP contribution in [-0.4, -0.2) is 68.3 Å². The fraction of sp³-hybridized carbons (Fsp3) is 0.600. The molecule has 2 saturated carbocycles. The van der Waals surface area contributed by atoms with Crippen LogP contribution < -0.4 is 22.1 Å². The lowest BCUT2D eigenvalue weighted by Gasteiger charge is -2.31. The number of amides is 2. The highest BCUT2D eigenvalue weighted by Crippen LogP contribution is 2.47. The molecule has 0 saturated heterocycles. The van der Waals surface area contributed by atoms with Crippen LogP contribution in [-0.2, 0) is 32.0 Å². The van der Waals surface area contributed by atoms with E-state index >= 15 is 0 Å². The van der Waals surface area contributed by atoms with Crippen molar-refractivity contribution in [2.24, 2.45) is 46.0 Å². The van der Waals surface area contributed by atoms with Gasteiger partial charge in [-0.15, -0.1) is 0 Å². The minimum Gasteiger partial charge on any atom is -0.508 e. The van der Waals surface area contributed by atoms with E-state index in [0.717, 1.165) is 25.7 Å². The average Bonchev–Trinajstić information content (AvgIpc) is 3.73. The van der Waals surface area contributed by atoms with E-state index in [1.807, 2.05) is 0 Å². The molecule has 1 heterocycles. The van der Waals surface area contributed by atoms with Gasteiger partial charge in [0.05, 0.1) is 18.3 Å². The Labute approximate surface area is 281 Å². The Morgan fingerprint density at radius 2 is 1.73 bits per heavy atom. The highest BCUT2D eigenvalue weighted by atomic mass is 16.4. The number of rotatable bonds is 18. The van der Waals surface area contributed by atoms with Crippen LogP contribution in [0.25, 0.3) is 0 Å². The number of nitrogens with one attached hydrogen (secondary N) is 3. The molecule has 4 rings (SSSR count). The summed E-state index contributed by atoms with van der Waals surface area (Å²) >= 11 is 0. The summed E-state index contributed by atoms with van der Waals surface area (Å²) in [6, 6.07) is 4.33. The Hall–Kier alpha value is -4.42. The van der Waals surface area contributed by atoms with E-state index in [1.165, 1.54) is 31.3 Å². The Morgan fingerprint density at radius 1 is 1.00 bits per heavy atom. The number of carbonyl (C=O) groups excluding carboxylic acids is 3. The first-order chi connectivity index (χ1) is 23.0. The van der Waals surface area contributed by atoms with Crippen LogP contribution in [0.4, 0.5) is 0 Å². The number of hydrogen-bond donors (Lipinski definition) is 7. The third-order valence-electron chi connectivity index (χ3n) is 10.1. The summed E-state index contributed by atoms with van der Waals surface area (Å²) in [4.78, 5) is 64.4. The summed E-state index contributed by atoms with van der Waals surface area (Å²) in [5.74, 6) is -2.20. The van der Waals surface area contributed by atoms with Crippen molar-refractivity contribution in [1.29, 1.82) is 0 Å². The van der Waals surface area contributed by atoms with Crippen molar-refractivity contribution in [3.05, 3.63) is 48.0 Å². The predicted octanol–water partition coefficient (Wildman–Crippen LogP) is 2.83. The topological polar surface area (TPSA) is 226 Å². The number of guanidine groups is 1. The average molecular weight is 666 g/mol. The van der Waals surface area contributed by atoms with E-state index < -0.39 is 35.8 Å². The summed E-state index contributed by atoms with van der Waals surface area (Å²) in [6.07, 6.45) is 11.3. The Balaban J connectivity index is 1.48. The van der Waals surface area contributed by atoms with Crippen molar-refractivity contribution < 1.29 is 29.4 Å². The molecule has 9 N–H and O–H groups in total. The number of Topliss-reactive ketones (excluding diaryl/α,β-unsaturated/α-hetero) is 1. The van der Waals surface area contributed by atoms with E-state index in [4.69, 9.17) is 11.5 Å². The highest BCUT2D eigenvalue weighted by molar-refractivity contribution is 5.94. The number of nitrogens with zero attached hydrogens (tertiary/aromatic N) is 2. The molecular formula is C35H51N7O6. The van der Waals surface area contributed by atoms with Crippen LogP contribution in [0.3, 0.4) is 0 Å². The molecule has 1 aromatic carbocycles. The molecule has 13 heteroatoms. The molecule has 2 aromatic rings. The molecule has 2 aliphatic rings. The number of fused-ring (bicyclic) bond motifs is 1. The quantitative estimate of drug-likeness (QED) is 0.0705. The summed E-state index contributed by atoms with van der Waals surface area (Å²) < 4.78 is 0. The third-order valence-corrected chi connectivity index (χ3v) is 10.1. The van der Waals surface area contributed by atoms with Crippen LogP contribution >= 0.6 is 0 Å². The lowest BCUT2D eigenvalue weighted by Crippen LogP contribution is -2.48. The number of benzene rings is 1. The molecule has 0 bridgehead atoms. The third kappa shape index (κ3) is 10.8. The van der Waals surface area contributed by atoms with Crippen LogP contribution in [0.15, 0.2) is 41.8 Å². The van der Waals surface area contributed by atoms with E-state index in [2.05, 4.69) is 25.6 Å². The maximum atomic E-state index is 14.0. The highest BCUT2D eigenvalue weighted by Gasteiger charge is 2.40. The normalized spacial score (nSPS) is 21.2.